The van der Waals surface area contributed by atoms with Crippen LogP contribution in [0.3, 0.4) is 0 Å². The van der Waals surface area contributed by atoms with Crippen molar-refractivity contribution in [3.63, 3.8) is 0 Å². The maximum atomic E-state index is 14.1. The molecule has 0 saturated carbocycles. The molecule has 2 unspecified atom stereocenters. The van der Waals surface area contributed by atoms with E-state index in [0.717, 1.165) is 12.1 Å². The Labute approximate surface area is 300 Å². The van der Waals surface area contributed by atoms with Crippen LogP contribution in [-0.2, 0) is 38.0 Å². The first kappa shape index (κ1) is 41.4. The number of methoxy groups -OCH3 is 1. The molecule has 0 aromatic carbocycles. The molecule has 0 radical (unpaired) electrons. The zero-order chi connectivity index (χ0) is 37.5. The average Bonchev–Trinajstić information content (AvgIpc) is 3.40. The Balaban J connectivity index is 1.82. The zero-order valence-corrected chi connectivity index (χ0v) is 32.8. The lowest BCUT2D eigenvalue weighted by molar-refractivity contribution is -0.317. The molecular weight excluding hydrogens is 646 g/mol. The number of aliphatic hydroxyl groups is 3. The van der Waals surface area contributed by atoms with E-state index in [1.54, 1.807) is 21.0 Å². The summed E-state index contributed by atoms with van der Waals surface area (Å²) >= 11 is 0. The van der Waals surface area contributed by atoms with E-state index in [2.05, 4.69) is 4.90 Å². The highest BCUT2D eigenvalue weighted by Crippen LogP contribution is 2.47. The Bertz CT molecular complexity index is 1190. The van der Waals surface area contributed by atoms with E-state index in [9.17, 15) is 20.1 Å². The minimum absolute atomic E-state index is 0.181. The third-order valence-corrected chi connectivity index (χ3v) is 12.3. The van der Waals surface area contributed by atoms with Crippen LogP contribution in [0.5, 0.6) is 0 Å². The first-order valence-electron chi connectivity index (χ1n) is 18.8. The molecule has 0 spiro atoms. The Morgan fingerprint density at radius 3 is 2.20 bits per heavy atom. The molecule has 0 amide bonds. The van der Waals surface area contributed by atoms with E-state index < -0.39 is 84.3 Å². The second-order valence-corrected chi connectivity index (χ2v) is 16.2. The van der Waals surface area contributed by atoms with Crippen LogP contribution in [0.4, 0.5) is 0 Å². The van der Waals surface area contributed by atoms with Gasteiger partial charge in [0.2, 0.25) is 0 Å². The van der Waals surface area contributed by atoms with E-state index in [0.29, 0.717) is 25.0 Å². The fourth-order valence-electron chi connectivity index (χ4n) is 8.83. The summed E-state index contributed by atoms with van der Waals surface area (Å²) in [5, 5.41) is 34.3. The van der Waals surface area contributed by atoms with Crippen LogP contribution in [-0.4, -0.2) is 126 Å². The monoisotopic (exact) mass is 713 g/mol. The van der Waals surface area contributed by atoms with Gasteiger partial charge in [-0.25, -0.2) is 0 Å². The van der Waals surface area contributed by atoms with Crippen molar-refractivity contribution in [3.8, 4) is 0 Å². The van der Waals surface area contributed by atoms with Gasteiger partial charge in [0.15, 0.2) is 12.6 Å². The number of fused-ring (bicyclic) bond motifs is 2. The maximum Gasteiger partial charge on any atom is 0.311 e. The number of likely N-dealkylation sites (N-methyl/N-ethyl adjacent to an activating group) is 1. The van der Waals surface area contributed by atoms with Crippen molar-refractivity contribution in [2.24, 2.45) is 23.7 Å². The van der Waals surface area contributed by atoms with Gasteiger partial charge in [-0.05, 0) is 73.5 Å². The highest BCUT2D eigenvalue weighted by Gasteiger charge is 2.55. The summed E-state index contributed by atoms with van der Waals surface area (Å²) in [4.78, 5) is 16.2. The van der Waals surface area contributed by atoms with Crippen LogP contribution in [0, 0.1) is 23.7 Å². The van der Waals surface area contributed by atoms with Crippen LogP contribution in [0.1, 0.15) is 102 Å². The minimum Gasteiger partial charge on any atom is -0.489 e. The zero-order valence-electron chi connectivity index (χ0n) is 32.8. The number of cyclic esters (lactones) is 1. The lowest BCUT2D eigenvalue weighted by atomic mass is 9.79. The van der Waals surface area contributed by atoms with E-state index in [4.69, 9.17) is 33.2 Å². The fourth-order valence-corrected chi connectivity index (χ4v) is 8.83. The molecule has 3 N–H and O–H groups in total. The lowest BCUT2D eigenvalue weighted by Crippen LogP contribution is -2.60. The number of hydrogen-bond donors (Lipinski definition) is 3. The van der Waals surface area contributed by atoms with Gasteiger partial charge >= 0.3 is 5.97 Å². The summed E-state index contributed by atoms with van der Waals surface area (Å²) < 4.78 is 45.1. The first-order valence-corrected chi connectivity index (χ1v) is 18.8. The van der Waals surface area contributed by atoms with Crippen molar-refractivity contribution in [2.75, 3.05) is 20.7 Å². The van der Waals surface area contributed by atoms with E-state index in [-0.39, 0.29) is 30.4 Å². The van der Waals surface area contributed by atoms with Gasteiger partial charge in [0.1, 0.15) is 35.8 Å². The molecule has 290 valence electrons. The molecule has 0 aliphatic carbocycles. The Hall–Kier alpha value is -1.35. The first-order chi connectivity index (χ1) is 23.3. The normalized spacial score (nSPS) is 48.0. The second-order valence-electron chi connectivity index (χ2n) is 16.2. The van der Waals surface area contributed by atoms with Crippen LogP contribution in [0.2, 0.25) is 0 Å². The van der Waals surface area contributed by atoms with Gasteiger partial charge in [0.05, 0.1) is 35.9 Å². The van der Waals surface area contributed by atoms with Crippen molar-refractivity contribution in [1.29, 1.82) is 0 Å². The number of nitrogens with zero attached hydrogens (tertiary/aromatic N) is 1. The van der Waals surface area contributed by atoms with Crippen molar-refractivity contribution in [2.45, 2.75) is 181 Å². The van der Waals surface area contributed by atoms with Crippen LogP contribution in [0.15, 0.2) is 11.3 Å². The fraction of sp³-hybridized carbons (Fsp3) is 0.921. The summed E-state index contributed by atoms with van der Waals surface area (Å²) in [5.74, 6) is -1.87. The predicted molar refractivity (Wildman–Crippen MR) is 187 cm³/mol. The lowest BCUT2D eigenvalue weighted by Gasteiger charge is -2.48. The number of carbonyl (C=O) groups is 1. The second kappa shape index (κ2) is 16.3. The highest BCUT2D eigenvalue weighted by molar-refractivity contribution is 5.73. The molecule has 2 bridgehead atoms. The Kier molecular flexibility index (Phi) is 13.5. The van der Waals surface area contributed by atoms with E-state index >= 15 is 0 Å². The molecule has 17 atom stereocenters. The van der Waals surface area contributed by atoms with Gasteiger partial charge in [-0.15, -0.1) is 0 Å². The number of carbonyl (C=O) groups excluding carboxylic acids is 1. The third-order valence-electron chi connectivity index (χ3n) is 12.3. The molecule has 4 heterocycles. The van der Waals surface area contributed by atoms with E-state index in [1.165, 1.54) is 0 Å². The quantitative estimate of drug-likeness (QED) is 0.311. The van der Waals surface area contributed by atoms with Gasteiger partial charge in [0.25, 0.3) is 0 Å². The molecule has 0 aromatic heterocycles. The summed E-state index contributed by atoms with van der Waals surface area (Å²) in [6.07, 6.45) is -5.54. The van der Waals surface area contributed by atoms with Gasteiger partial charge in [-0.1, -0.05) is 34.6 Å². The van der Waals surface area contributed by atoms with Crippen molar-refractivity contribution in [3.05, 3.63) is 11.3 Å². The Morgan fingerprint density at radius 1 is 0.940 bits per heavy atom. The van der Waals surface area contributed by atoms with Crippen LogP contribution >= 0.6 is 0 Å². The number of hydrogen-bond acceptors (Lipinski definition) is 12. The molecule has 3 fully saturated rings. The third kappa shape index (κ3) is 8.24. The molecule has 4 aliphatic rings. The molecule has 50 heavy (non-hydrogen) atoms. The summed E-state index contributed by atoms with van der Waals surface area (Å²) in [6, 6.07) is -0.189. The standard InChI is InChI=1S/C38H67NO11/c1-14-27-21(5)29(40)22(6)31-19(3)17-38(11,50-31)34(49-36-30(41)26(39(12)15-2)16-20(4)45-36)23(7)32(24(8)35(43)47-27)48-28-18-37(10,44-13)33(42)25(9)46-28/h20-30,32-34,36,40-42H,14-18H2,1-13H3/t20-,21+,22-,23+,24-,25+,26+,27-,28+,29+,30-,32+,33?,34-,36?,37-,38-/m1/s1. The molecule has 12 heteroatoms. The van der Waals surface area contributed by atoms with Gasteiger partial charge in [0, 0.05) is 43.7 Å². The summed E-state index contributed by atoms with van der Waals surface area (Å²) in [5.41, 5.74) is -0.930. The molecule has 3 saturated heterocycles. The topological polar surface area (TPSA) is 146 Å². The van der Waals surface area contributed by atoms with Crippen LogP contribution in [0.25, 0.3) is 0 Å². The number of esters is 1. The SMILES string of the molecule is CC[C@H]1OC(=O)[C@H](C)[C@@H](O[C@H]2C[C@@](C)(OC)C(O)[C@H](C)O2)[C@H](C)[C@@H](OC2O[C@H](C)C[C@H](N(C)CC)[C@H]2O)[C@@]2(C)CC(C)=C(O2)[C@H](C)[C@@H](O)[C@H]1C. The number of aliphatic hydroxyl groups excluding tert-OH is 3. The van der Waals surface area contributed by atoms with E-state index in [1.807, 2.05) is 69.4 Å². The molecule has 12 nitrogen and oxygen atoms in total. The highest BCUT2D eigenvalue weighted by atomic mass is 16.7. The largest absolute Gasteiger partial charge is 0.489 e. The van der Waals surface area contributed by atoms with Crippen molar-refractivity contribution in [1.82, 2.24) is 4.90 Å². The predicted octanol–water partition coefficient (Wildman–Crippen LogP) is 4.17. The van der Waals surface area contributed by atoms with Gasteiger partial charge in [-0.3, -0.25) is 4.79 Å². The minimum atomic E-state index is -0.987. The summed E-state index contributed by atoms with van der Waals surface area (Å²) in [6.45, 7) is 21.9. The van der Waals surface area contributed by atoms with Crippen molar-refractivity contribution < 1.29 is 53.3 Å². The molecule has 4 aliphatic heterocycles. The van der Waals surface area contributed by atoms with Gasteiger partial charge < -0.3 is 53.4 Å². The number of ether oxygens (including phenoxy) is 7. The molecule has 4 rings (SSSR count). The van der Waals surface area contributed by atoms with Gasteiger partial charge in [-0.2, -0.15) is 0 Å². The Morgan fingerprint density at radius 2 is 1.60 bits per heavy atom. The average molecular weight is 714 g/mol. The maximum absolute atomic E-state index is 14.1. The summed E-state index contributed by atoms with van der Waals surface area (Å²) in [7, 11) is 3.53. The molecule has 0 aromatic rings. The smallest absolute Gasteiger partial charge is 0.311 e. The van der Waals surface area contributed by atoms with Crippen molar-refractivity contribution >= 4 is 5.97 Å². The number of rotatable bonds is 8. The van der Waals surface area contributed by atoms with Crippen LogP contribution < -0.4 is 0 Å². The molecular formula is C38H67NO11.